The summed E-state index contributed by atoms with van der Waals surface area (Å²) in [6.45, 7) is 4.38. The van der Waals surface area contributed by atoms with Gasteiger partial charge >= 0.3 is 16.9 Å². The number of nitrogens with zero attached hydrogens (tertiary/aromatic N) is 2. The summed E-state index contributed by atoms with van der Waals surface area (Å²) >= 11 is 0. The van der Waals surface area contributed by atoms with E-state index in [1.165, 1.54) is 5.01 Å². The molecule has 0 aromatic heterocycles. The van der Waals surface area contributed by atoms with Crippen molar-refractivity contribution in [3.05, 3.63) is 0 Å². The number of hydrogen-bond donors (Lipinski definition) is 1. The molecule has 0 amide bonds. The second kappa shape index (κ2) is 4.84. The Morgan fingerprint density at radius 1 is 1.50 bits per heavy atom. The van der Waals surface area contributed by atoms with Crippen molar-refractivity contribution in [1.29, 1.82) is 0 Å². The lowest BCUT2D eigenvalue weighted by atomic mass is 10.6. The first-order valence-corrected chi connectivity index (χ1v) is 6.59. The lowest BCUT2D eigenvalue weighted by molar-refractivity contribution is -0.151. The van der Waals surface area contributed by atoms with E-state index in [9.17, 15) is 13.3 Å². The Morgan fingerprint density at radius 3 is 2.17 bits per heavy atom. The van der Waals surface area contributed by atoms with Gasteiger partial charge < -0.3 is 4.89 Å². The first-order chi connectivity index (χ1) is 5.41. The summed E-state index contributed by atoms with van der Waals surface area (Å²) in [7, 11) is -7.46. The highest BCUT2D eigenvalue weighted by Crippen LogP contribution is 2.22. The zero-order valence-electron chi connectivity index (χ0n) is 6.84. The van der Waals surface area contributed by atoms with E-state index in [1.807, 2.05) is 0 Å². The lowest BCUT2D eigenvalue weighted by Gasteiger charge is -2.06. The van der Waals surface area contributed by atoms with Gasteiger partial charge in [-0.25, -0.2) is 4.55 Å². The Morgan fingerprint density at radius 2 is 1.92 bits per heavy atom. The SMILES string of the molecule is CCN(CC)/N=[P+](\[O-])S(=O)(=O)O. The molecule has 0 aromatic carbocycles. The molecule has 0 spiro atoms. The van der Waals surface area contributed by atoms with Crippen LogP contribution in [-0.4, -0.2) is 31.1 Å². The van der Waals surface area contributed by atoms with Crippen molar-refractivity contribution < 1.29 is 17.9 Å². The maximum atomic E-state index is 10.7. The third-order valence-electron chi connectivity index (χ3n) is 1.13. The van der Waals surface area contributed by atoms with Gasteiger partial charge in [-0.3, -0.25) is 0 Å². The fraction of sp³-hybridized carbons (Fsp3) is 1.00. The minimum atomic E-state index is -4.52. The minimum absolute atomic E-state index is 0.451. The van der Waals surface area contributed by atoms with Crippen LogP contribution < -0.4 is 4.89 Å². The quantitative estimate of drug-likeness (QED) is 0.403. The molecule has 0 aromatic rings. The van der Waals surface area contributed by atoms with Crippen LogP contribution in [0.2, 0.25) is 0 Å². The van der Waals surface area contributed by atoms with Gasteiger partial charge in [0.1, 0.15) is 0 Å². The molecule has 8 heteroatoms. The summed E-state index contributed by atoms with van der Waals surface area (Å²) in [5, 5.41) is 1.30. The molecule has 0 bridgehead atoms. The van der Waals surface area contributed by atoms with Crippen LogP contribution in [-0.2, 0) is 9.74 Å². The summed E-state index contributed by atoms with van der Waals surface area (Å²) in [5.74, 6) is 0. The van der Waals surface area contributed by atoms with Crippen molar-refractivity contribution in [1.82, 2.24) is 5.01 Å². The molecule has 0 fully saturated rings. The smallest absolute Gasteiger partial charge is 0.455 e. The Labute approximate surface area is 72.2 Å². The van der Waals surface area contributed by atoms with E-state index in [0.29, 0.717) is 13.1 Å². The zero-order chi connectivity index (χ0) is 9.78. The largest absolute Gasteiger partial charge is 0.594 e. The molecule has 1 unspecified atom stereocenters. The summed E-state index contributed by atoms with van der Waals surface area (Å²) in [5.41, 5.74) is 0. The number of rotatable bonds is 4. The molecular weight excluding hydrogens is 203 g/mol. The van der Waals surface area contributed by atoms with Crippen LogP contribution in [0.25, 0.3) is 0 Å². The fourth-order valence-electron chi connectivity index (χ4n) is 0.500. The maximum Gasteiger partial charge on any atom is 0.455 e. The van der Waals surface area contributed by atoms with Crippen molar-refractivity contribution in [3.63, 3.8) is 0 Å². The van der Waals surface area contributed by atoms with E-state index in [-0.39, 0.29) is 0 Å². The molecule has 72 valence electrons. The highest BCUT2D eigenvalue weighted by Gasteiger charge is 2.20. The molecule has 0 aliphatic heterocycles. The van der Waals surface area contributed by atoms with Crippen LogP contribution in [0.5, 0.6) is 0 Å². The van der Waals surface area contributed by atoms with Crippen LogP contribution in [0.1, 0.15) is 13.8 Å². The molecule has 0 aliphatic carbocycles. The molecule has 0 radical (unpaired) electrons. The van der Waals surface area contributed by atoms with E-state index in [4.69, 9.17) is 4.55 Å². The first kappa shape index (κ1) is 11.9. The molecule has 0 heterocycles. The average molecular weight is 214 g/mol. The topological polar surface area (TPSA) is 93.0 Å². The predicted molar refractivity (Wildman–Crippen MR) is 43.8 cm³/mol. The van der Waals surface area contributed by atoms with Gasteiger partial charge in [-0.15, -0.1) is 0 Å². The third kappa shape index (κ3) is 4.08. The van der Waals surface area contributed by atoms with Crippen LogP contribution >= 0.6 is 7.14 Å². The van der Waals surface area contributed by atoms with Crippen molar-refractivity contribution >= 4 is 16.9 Å². The van der Waals surface area contributed by atoms with Gasteiger partial charge in [0.2, 0.25) is 0 Å². The summed E-state index contributed by atoms with van der Waals surface area (Å²) in [6.07, 6.45) is 0. The molecule has 0 rings (SSSR count). The average Bonchev–Trinajstić information content (AvgIpc) is 1.97. The summed E-state index contributed by atoms with van der Waals surface area (Å²) in [6, 6.07) is 0. The van der Waals surface area contributed by atoms with Crippen LogP contribution in [0.15, 0.2) is 4.85 Å². The Bertz CT molecular complexity index is 258. The van der Waals surface area contributed by atoms with Gasteiger partial charge in [0.15, 0.2) is 0 Å². The van der Waals surface area contributed by atoms with Crippen molar-refractivity contribution in [2.75, 3.05) is 13.1 Å². The Kier molecular flexibility index (Phi) is 4.81. The predicted octanol–water partition coefficient (Wildman–Crippen LogP) is -0.0132. The molecule has 0 saturated carbocycles. The monoisotopic (exact) mass is 214 g/mol. The Balaban J connectivity index is 4.55. The number of hydrogen-bond acceptors (Lipinski definition) is 4. The molecule has 1 N–H and O–H groups in total. The normalized spacial score (nSPS) is 13.9. The van der Waals surface area contributed by atoms with Crippen molar-refractivity contribution in [2.24, 2.45) is 4.85 Å². The lowest BCUT2D eigenvalue weighted by Crippen LogP contribution is -2.16. The van der Waals surface area contributed by atoms with Gasteiger partial charge in [0.05, 0.1) is 0 Å². The second-order valence-electron chi connectivity index (χ2n) is 1.91. The molecule has 12 heavy (non-hydrogen) atoms. The van der Waals surface area contributed by atoms with Gasteiger partial charge in [-0.2, -0.15) is 13.4 Å². The molecule has 1 atom stereocenters. The van der Waals surface area contributed by atoms with Gasteiger partial charge in [0, 0.05) is 17.9 Å². The maximum absolute atomic E-state index is 10.7. The molecular formula is C4H11N2O4PS. The summed E-state index contributed by atoms with van der Waals surface area (Å²) in [4.78, 5) is 14.0. The van der Waals surface area contributed by atoms with Gasteiger partial charge in [-0.1, -0.05) is 13.8 Å². The standard InChI is InChI=1S/C4H11N2O4PS/c1-3-6(4-2)5-11(7)12(8,9)10/h3-4H2,1-2H3,(H,8,9,10). The highest BCUT2D eigenvalue weighted by atomic mass is 32.8. The summed E-state index contributed by atoms with van der Waals surface area (Å²) < 4.78 is 28.8. The first-order valence-electron chi connectivity index (χ1n) is 3.33. The third-order valence-corrected chi connectivity index (χ3v) is 3.32. The van der Waals surface area contributed by atoms with Crippen molar-refractivity contribution in [2.45, 2.75) is 13.8 Å². The van der Waals surface area contributed by atoms with E-state index >= 15 is 0 Å². The fourth-order valence-corrected chi connectivity index (χ4v) is 1.64. The highest BCUT2D eigenvalue weighted by molar-refractivity contribution is 8.41. The molecule has 6 nitrogen and oxygen atoms in total. The van der Waals surface area contributed by atoms with Gasteiger partial charge in [-0.05, 0) is 0 Å². The van der Waals surface area contributed by atoms with Crippen LogP contribution in [0, 0.1) is 0 Å². The second-order valence-corrected chi connectivity index (χ2v) is 5.79. The zero-order valence-corrected chi connectivity index (χ0v) is 8.55. The molecule has 0 aliphatic rings. The van der Waals surface area contributed by atoms with E-state index in [2.05, 4.69) is 4.85 Å². The molecule has 0 saturated heterocycles. The van der Waals surface area contributed by atoms with Gasteiger partial charge in [0.25, 0.3) is 0 Å². The van der Waals surface area contributed by atoms with E-state index < -0.39 is 16.9 Å². The minimum Gasteiger partial charge on any atom is -0.594 e. The van der Waals surface area contributed by atoms with Crippen molar-refractivity contribution in [3.8, 4) is 0 Å². The van der Waals surface area contributed by atoms with E-state index in [1.54, 1.807) is 13.8 Å². The Hall–Kier alpha value is -0.0700. The van der Waals surface area contributed by atoms with Crippen LogP contribution in [0.3, 0.4) is 0 Å². The van der Waals surface area contributed by atoms with Crippen LogP contribution in [0.4, 0.5) is 0 Å². The van der Waals surface area contributed by atoms with E-state index in [0.717, 1.165) is 0 Å².